The van der Waals surface area contributed by atoms with E-state index in [1.54, 1.807) is 0 Å². The largest absolute Gasteiger partial charge is 0.472 e. The molecule has 0 bridgehead atoms. The van der Waals surface area contributed by atoms with Gasteiger partial charge < -0.3 is 4.74 Å². The van der Waals surface area contributed by atoms with Gasteiger partial charge >= 0.3 is 0 Å². The Balaban J connectivity index is 1.99. The summed E-state index contributed by atoms with van der Waals surface area (Å²) in [6.07, 6.45) is -0.265. The van der Waals surface area contributed by atoms with E-state index in [1.165, 1.54) is 18.2 Å². The van der Waals surface area contributed by atoms with E-state index in [1.807, 2.05) is 31.2 Å². The van der Waals surface area contributed by atoms with E-state index in [4.69, 9.17) is 4.74 Å². The normalized spacial score (nSPS) is 21.0. The molecule has 2 aromatic carbocycles. The molecule has 108 valence electrons. The minimum atomic E-state index is -0.663. The predicted molar refractivity (Wildman–Crippen MR) is 85.3 cm³/mol. The maximum Gasteiger partial charge on any atom is 0.223 e. The van der Waals surface area contributed by atoms with Gasteiger partial charge in [-0.1, -0.05) is 18.2 Å². The number of hydrogen-bond acceptors (Lipinski definition) is 2. The van der Waals surface area contributed by atoms with Crippen molar-refractivity contribution in [3.8, 4) is 0 Å². The number of halogens is 3. The van der Waals surface area contributed by atoms with E-state index in [-0.39, 0.29) is 23.6 Å². The number of ether oxygens (including phenoxy) is 1. The second-order valence-electron chi connectivity index (χ2n) is 4.85. The van der Waals surface area contributed by atoms with E-state index in [0.29, 0.717) is 0 Å². The lowest BCUT2D eigenvalue weighted by Crippen LogP contribution is -2.14. The highest BCUT2D eigenvalue weighted by Gasteiger charge is 2.31. The van der Waals surface area contributed by atoms with E-state index < -0.39 is 11.6 Å². The Bertz CT molecular complexity index is 680. The van der Waals surface area contributed by atoms with Crippen LogP contribution in [0.5, 0.6) is 0 Å². The van der Waals surface area contributed by atoms with E-state index >= 15 is 0 Å². The second-order valence-corrected chi connectivity index (χ2v) is 6.10. The van der Waals surface area contributed by atoms with Crippen LogP contribution >= 0.6 is 22.6 Å². The van der Waals surface area contributed by atoms with Crippen molar-refractivity contribution in [3.63, 3.8) is 0 Å². The fourth-order valence-electron chi connectivity index (χ4n) is 2.33. The van der Waals surface area contributed by atoms with Crippen LogP contribution in [0, 0.1) is 15.2 Å². The van der Waals surface area contributed by atoms with Gasteiger partial charge in [-0.3, -0.25) is 0 Å². The molecular weight excluding hydrogens is 387 g/mol. The van der Waals surface area contributed by atoms with Gasteiger partial charge in [-0.25, -0.2) is 13.8 Å². The molecule has 2 aromatic rings. The molecule has 0 fully saturated rings. The van der Waals surface area contributed by atoms with Crippen LogP contribution in [0.25, 0.3) is 0 Å². The molecule has 1 heterocycles. The van der Waals surface area contributed by atoms with Crippen molar-refractivity contribution in [2.24, 2.45) is 4.99 Å². The molecule has 0 amide bonds. The van der Waals surface area contributed by atoms with Gasteiger partial charge in [0, 0.05) is 3.57 Å². The Hall–Kier alpha value is -1.50. The summed E-state index contributed by atoms with van der Waals surface area (Å²) in [6.45, 7) is 1.85. The molecule has 0 saturated heterocycles. The van der Waals surface area contributed by atoms with Crippen LogP contribution in [0.4, 0.5) is 8.78 Å². The molecule has 2 atom stereocenters. The summed E-state index contributed by atoms with van der Waals surface area (Å²) in [7, 11) is 0. The van der Waals surface area contributed by atoms with Crippen molar-refractivity contribution in [3.05, 3.63) is 68.8 Å². The van der Waals surface area contributed by atoms with Gasteiger partial charge in [0.1, 0.15) is 29.3 Å². The van der Waals surface area contributed by atoms with Crippen LogP contribution in [0.15, 0.2) is 47.5 Å². The molecule has 2 nitrogen and oxygen atoms in total. The molecule has 21 heavy (non-hydrogen) atoms. The van der Waals surface area contributed by atoms with Gasteiger partial charge in [0.2, 0.25) is 5.90 Å². The lowest BCUT2D eigenvalue weighted by atomic mass is 10.0. The smallest absolute Gasteiger partial charge is 0.223 e. The third-order valence-corrected chi connectivity index (χ3v) is 4.11. The van der Waals surface area contributed by atoms with Gasteiger partial charge in [0.15, 0.2) is 0 Å². The first-order valence-electron chi connectivity index (χ1n) is 6.50. The van der Waals surface area contributed by atoms with Crippen LogP contribution in [0.2, 0.25) is 0 Å². The van der Waals surface area contributed by atoms with Gasteiger partial charge in [-0.2, -0.15) is 0 Å². The number of benzene rings is 2. The molecule has 0 radical (unpaired) electrons. The fraction of sp³-hybridized carbons (Fsp3) is 0.188. The summed E-state index contributed by atoms with van der Waals surface area (Å²) < 4.78 is 34.3. The quantitative estimate of drug-likeness (QED) is 0.683. The molecule has 0 aromatic heterocycles. The van der Waals surface area contributed by atoms with Gasteiger partial charge in [0.05, 0.1) is 0 Å². The van der Waals surface area contributed by atoms with Gasteiger partial charge in [-0.05, 0) is 59.3 Å². The molecule has 3 rings (SSSR count). The van der Waals surface area contributed by atoms with Crippen molar-refractivity contribution in [2.75, 3.05) is 0 Å². The summed E-state index contributed by atoms with van der Waals surface area (Å²) >= 11 is 2.22. The monoisotopic (exact) mass is 399 g/mol. The zero-order valence-electron chi connectivity index (χ0n) is 11.2. The zero-order valence-corrected chi connectivity index (χ0v) is 13.3. The van der Waals surface area contributed by atoms with Gasteiger partial charge in [-0.15, -0.1) is 0 Å². The summed E-state index contributed by atoms with van der Waals surface area (Å²) in [6, 6.07) is 11.3. The molecule has 5 heteroatoms. The standard InChI is InChI=1S/C16H12F2INO/c1-9-15(10-5-7-11(19)8-6-10)20-16(21-9)14-12(17)3-2-4-13(14)18/h2-9,15H,1H3/t9-,15-/m0/s1. The predicted octanol–water partition coefficient (Wildman–Crippen LogP) is 4.48. The summed E-state index contributed by atoms with van der Waals surface area (Å²) in [5.74, 6) is -1.30. The van der Waals surface area contributed by atoms with E-state index in [2.05, 4.69) is 27.6 Å². The van der Waals surface area contributed by atoms with Crippen molar-refractivity contribution < 1.29 is 13.5 Å². The van der Waals surface area contributed by atoms with E-state index in [9.17, 15) is 8.78 Å². The average molecular weight is 399 g/mol. The summed E-state index contributed by atoms with van der Waals surface area (Å²) in [5, 5.41) is 0. The highest BCUT2D eigenvalue weighted by molar-refractivity contribution is 14.1. The lowest BCUT2D eigenvalue weighted by Gasteiger charge is -2.13. The van der Waals surface area contributed by atoms with Crippen LogP contribution in [0.1, 0.15) is 24.1 Å². The van der Waals surface area contributed by atoms with Gasteiger partial charge in [0.25, 0.3) is 0 Å². The van der Waals surface area contributed by atoms with Crippen LogP contribution in [-0.2, 0) is 4.74 Å². The molecule has 0 aliphatic carbocycles. The fourth-order valence-corrected chi connectivity index (χ4v) is 2.69. The molecule has 0 saturated carbocycles. The first-order valence-corrected chi connectivity index (χ1v) is 7.58. The van der Waals surface area contributed by atoms with Crippen molar-refractivity contribution in [1.29, 1.82) is 0 Å². The number of hydrogen-bond donors (Lipinski definition) is 0. The van der Waals surface area contributed by atoms with Crippen molar-refractivity contribution in [1.82, 2.24) is 0 Å². The summed E-state index contributed by atoms with van der Waals surface area (Å²) in [4.78, 5) is 4.37. The van der Waals surface area contributed by atoms with Crippen molar-refractivity contribution >= 4 is 28.5 Å². The third kappa shape index (κ3) is 2.79. The minimum absolute atomic E-state index is 0.0293. The molecule has 0 unspecified atom stereocenters. The third-order valence-electron chi connectivity index (χ3n) is 3.39. The number of aliphatic imine (C=N–C) groups is 1. The van der Waals surface area contributed by atoms with E-state index in [0.717, 1.165) is 9.13 Å². The molecule has 1 aliphatic heterocycles. The topological polar surface area (TPSA) is 21.6 Å². The highest BCUT2D eigenvalue weighted by Crippen LogP contribution is 2.32. The zero-order chi connectivity index (χ0) is 15.0. The Morgan fingerprint density at radius 1 is 1.05 bits per heavy atom. The number of nitrogens with zero attached hydrogens (tertiary/aromatic N) is 1. The Morgan fingerprint density at radius 3 is 2.29 bits per heavy atom. The minimum Gasteiger partial charge on any atom is -0.472 e. The highest BCUT2D eigenvalue weighted by atomic mass is 127. The maximum atomic E-state index is 13.8. The van der Waals surface area contributed by atoms with Crippen LogP contribution in [-0.4, -0.2) is 12.0 Å². The molecule has 1 aliphatic rings. The van der Waals surface area contributed by atoms with Crippen molar-refractivity contribution in [2.45, 2.75) is 19.1 Å². The van der Waals surface area contributed by atoms with Crippen LogP contribution < -0.4 is 0 Å². The Morgan fingerprint density at radius 2 is 1.67 bits per heavy atom. The lowest BCUT2D eigenvalue weighted by molar-refractivity contribution is 0.213. The Labute approximate surface area is 135 Å². The second kappa shape index (κ2) is 5.71. The maximum absolute atomic E-state index is 13.8. The molecule has 0 spiro atoms. The average Bonchev–Trinajstić information content (AvgIpc) is 2.81. The first-order chi connectivity index (χ1) is 10.1. The molecular formula is C16H12F2INO. The summed E-state index contributed by atoms with van der Waals surface area (Å²) in [5.41, 5.74) is 0.770. The first kappa shape index (κ1) is 14.4. The SMILES string of the molecule is C[C@@H]1OC(c2c(F)cccc2F)=N[C@@H]1c1ccc(I)cc1. The molecule has 0 N–H and O–H groups in total. The van der Waals surface area contributed by atoms with Crippen LogP contribution in [0.3, 0.4) is 0 Å². The Kier molecular flexibility index (Phi) is 3.93. The number of rotatable bonds is 2.